The Balaban J connectivity index is 1.96. The van der Waals surface area contributed by atoms with E-state index in [0.29, 0.717) is 24.9 Å². The molecule has 0 fully saturated rings. The average Bonchev–Trinajstić information content (AvgIpc) is 2.80. The van der Waals surface area contributed by atoms with Gasteiger partial charge >= 0.3 is 0 Å². The first-order valence-electron chi connectivity index (χ1n) is 4.97. The lowest BCUT2D eigenvalue weighted by atomic mass is 10.4. The number of nitrogens with one attached hydrogen (secondary N) is 1. The predicted molar refractivity (Wildman–Crippen MR) is 57.0 cm³/mol. The monoisotopic (exact) mass is 220 g/mol. The maximum Gasteiger partial charge on any atom is 0.215 e. The molecule has 0 saturated carbocycles. The molecule has 6 heteroatoms. The molecular weight excluding hydrogens is 208 g/mol. The van der Waals surface area contributed by atoms with Crippen molar-refractivity contribution in [2.45, 2.75) is 13.5 Å². The Morgan fingerprint density at radius 2 is 2.38 bits per heavy atom. The van der Waals surface area contributed by atoms with E-state index in [4.69, 9.17) is 4.74 Å². The minimum absolute atomic E-state index is 0.471. The van der Waals surface area contributed by atoms with Crippen LogP contribution in [0.1, 0.15) is 12.7 Å². The topological polar surface area (TPSA) is 73.1 Å². The summed E-state index contributed by atoms with van der Waals surface area (Å²) in [7, 11) is 0. The summed E-state index contributed by atoms with van der Waals surface area (Å²) >= 11 is 0. The van der Waals surface area contributed by atoms with Crippen LogP contribution in [0.5, 0.6) is 5.88 Å². The van der Waals surface area contributed by atoms with Gasteiger partial charge in [-0.05, 0) is 13.0 Å². The summed E-state index contributed by atoms with van der Waals surface area (Å²) in [5.41, 5.74) is 0. The molecule has 0 atom stereocenters. The van der Waals surface area contributed by atoms with Crippen LogP contribution in [0.3, 0.4) is 0 Å². The molecule has 0 radical (unpaired) electrons. The van der Waals surface area contributed by atoms with E-state index in [9.17, 15) is 0 Å². The van der Waals surface area contributed by atoms with Crippen LogP contribution in [0.25, 0.3) is 0 Å². The molecule has 0 aliphatic rings. The first-order chi connectivity index (χ1) is 7.88. The molecule has 1 N–H and O–H groups in total. The smallest absolute Gasteiger partial charge is 0.215 e. The van der Waals surface area contributed by atoms with Crippen molar-refractivity contribution in [2.75, 3.05) is 11.9 Å². The molecule has 2 heterocycles. The van der Waals surface area contributed by atoms with E-state index in [2.05, 4.69) is 25.0 Å². The van der Waals surface area contributed by atoms with Gasteiger partial charge < -0.3 is 14.6 Å². The molecule has 0 spiro atoms. The second-order valence-electron chi connectivity index (χ2n) is 3.00. The first-order valence-corrected chi connectivity index (χ1v) is 4.97. The molecule has 2 aromatic rings. The molecule has 0 saturated heterocycles. The Bertz CT molecular complexity index is 430. The molecule has 2 rings (SSSR count). The number of hydrogen-bond acceptors (Lipinski definition) is 6. The summed E-state index contributed by atoms with van der Waals surface area (Å²) in [5, 5.41) is 6.75. The van der Waals surface area contributed by atoms with Crippen LogP contribution < -0.4 is 10.1 Å². The maximum atomic E-state index is 5.28. The van der Waals surface area contributed by atoms with Crippen molar-refractivity contribution in [2.24, 2.45) is 0 Å². The largest absolute Gasteiger partial charge is 0.478 e. The van der Waals surface area contributed by atoms with Gasteiger partial charge in [-0.3, -0.25) is 0 Å². The van der Waals surface area contributed by atoms with E-state index < -0.39 is 0 Å². The standard InChI is InChI=1S/C10H12N4O2/c1-2-15-10-5-3-4-8(13-10)11-6-9-12-7-16-14-9/h3-5,7H,2,6H2,1H3,(H,11,13). The van der Waals surface area contributed by atoms with Gasteiger partial charge in [0.2, 0.25) is 12.3 Å². The van der Waals surface area contributed by atoms with Crippen molar-refractivity contribution in [3.8, 4) is 5.88 Å². The normalized spacial score (nSPS) is 10.1. The van der Waals surface area contributed by atoms with Crippen molar-refractivity contribution in [1.82, 2.24) is 15.1 Å². The zero-order valence-corrected chi connectivity index (χ0v) is 8.88. The maximum absolute atomic E-state index is 5.28. The van der Waals surface area contributed by atoms with Gasteiger partial charge in [0.05, 0.1) is 13.2 Å². The van der Waals surface area contributed by atoms with Crippen molar-refractivity contribution in [3.63, 3.8) is 0 Å². The summed E-state index contributed by atoms with van der Waals surface area (Å²) in [4.78, 5) is 8.13. The molecule has 84 valence electrons. The summed E-state index contributed by atoms with van der Waals surface area (Å²) in [6.07, 6.45) is 1.29. The number of aromatic nitrogens is 3. The number of pyridine rings is 1. The number of hydrogen-bond donors (Lipinski definition) is 1. The molecule has 0 bridgehead atoms. The van der Waals surface area contributed by atoms with Crippen molar-refractivity contribution >= 4 is 5.82 Å². The fourth-order valence-electron chi connectivity index (χ4n) is 1.18. The second kappa shape index (κ2) is 5.11. The predicted octanol–water partition coefficient (Wildman–Crippen LogP) is 1.48. The van der Waals surface area contributed by atoms with Crippen LogP contribution in [-0.2, 0) is 6.54 Å². The van der Waals surface area contributed by atoms with Crippen molar-refractivity contribution < 1.29 is 9.26 Å². The molecule has 2 aromatic heterocycles. The van der Waals surface area contributed by atoms with Gasteiger partial charge in [0.1, 0.15) is 5.82 Å². The highest BCUT2D eigenvalue weighted by Gasteiger charge is 2.00. The third kappa shape index (κ3) is 2.69. The lowest BCUT2D eigenvalue weighted by molar-refractivity contribution is 0.327. The van der Waals surface area contributed by atoms with Gasteiger partial charge in [-0.15, -0.1) is 0 Å². The van der Waals surface area contributed by atoms with Crippen LogP contribution >= 0.6 is 0 Å². The number of ether oxygens (including phenoxy) is 1. The molecule has 16 heavy (non-hydrogen) atoms. The minimum Gasteiger partial charge on any atom is -0.478 e. The first kappa shape index (κ1) is 10.4. The Morgan fingerprint density at radius 3 is 3.12 bits per heavy atom. The Hall–Kier alpha value is -2.11. The highest BCUT2D eigenvalue weighted by atomic mass is 16.5. The summed E-state index contributed by atoms with van der Waals surface area (Å²) in [6.45, 7) is 2.99. The molecule has 0 aromatic carbocycles. The molecule has 0 aliphatic carbocycles. The van der Waals surface area contributed by atoms with E-state index in [-0.39, 0.29) is 0 Å². The fourth-order valence-corrected chi connectivity index (χ4v) is 1.18. The zero-order valence-electron chi connectivity index (χ0n) is 8.88. The molecular formula is C10H12N4O2. The van der Waals surface area contributed by atoms with Gasteiger partial charge in [-0.25, -0.2) is 0 Å². The Labute approximate surface area is 92.7 Å². The van der Waals surface area contributed by atoms with Gasteiger partial charge in [0, 0.05) is 6.07 Å². The van der Waals surface area contributed by atoms with E-state index in [1.54, 1.807) is 0 Å². The van der Waals surface area contributed by atoms with Gasteiger partial charge in [-0.1, -0.05) is 11.2 Å². The van der Waals surface area contributed by atoms with E-state index in [1.807, 2.05) is 25.1 Å². The van der Waals surface area contributed by atoms with Crippen LogP contribution in [0.4, 0.5) is 5.82 Å². The van der Waals surface area contributed by atoms with Crippen molar-refractivity contribution in [1.29, 1.82) is 0 Å². The van der Waals surface area contributed by atoms with Crippen LogP contribution in [-0.4, -0.2) is 21.7 Å². The highest BCUT2D eigenvalue weighted by Crippen LogP contribution is 2.11. The number of anilines is 1. The third-order valence-electron chi connectivity index (χ3n) is 1.85. The number of nitrogens with zero attached hydrogens (tertiary/aromatic N) is 3. The van der Waals surface area contributed by atoms with E-state index in [1.165, 1.54) is 6.39 Å². The van der Waals surface area contributed by atoms with Gasteiger partial charge in [0.15, 0.2) is 5.82 Å². The quantitative estimate of drug-likeness (QED) is 0.822. The molecule has 0 amide bonds. The summed E-state index contributed by atoms with van der Waals surface area (Å²) in [6, 6.07) is 5.53. The average molecular weight is 220 g/mol. The Kier molecular flexibility index (Phi) is 3.32. The highest BCUT2D eigenvalue weighted by molar-refractivity contribution is 5.36. The van der Waals surface area contributed by atoms with E-state index in [0.717, 1.165) is 5.82 Å². The SMILES string of the molecule is CCOc1cccc(NCc2ncon2)n1. The lowest BCUT2D eigenvalue weighted by Gasteiger charge is -2.05. The summed E-state index contributed by atoms with van der Waals surface area (Å²) < 4.78 is 9.90. The summed E-state index contributed by atoms with van der Waals surface area (Å²) in [5.74, 6) is 1.90. The Morgan fingerprint density at radius 1 is 1.44 bits per heavy atom. The molecule has 0 aliphatic heterocycles. The lowest BCUT2D eigenvalue weighted by Crippen LogP contribution is -2.03. The van der Waals surface area contributed by atoms with Crippen LogP contribution in [0, 0.1) is 0 Å². The minimum atomic E-state index is 0.471. The van der Waals surface area contributed by atoms with Gasteiger partial charge in [-0.2, -0.15) is 9.97 Å². The van der Waals surface area contributed by atoms with Crippen molar-refractivity contribution in [3.05, 3.63) is 30.4 Å². The third-order valence-corrected chi connectivity index (χ3v) is 1.85. The van der Waals surface area contributed by atoms with Crippen LogP contribution in [0.15, 0.2) is 29.1 Å². The van der Waals surface area contributed by atoms with Crippen LogP contribution in [0.2, 0.25) is 0 Å². The van der Waals surface area contributed by atoms with E-state index >= 15 is 0 Å². The second-order valence-corrected chi connectivity index (χ2v) is 3.00. The molecule has 0 unspecified atom stereocenters. The fraction of sp³-hybridized carbons (Fsp3) is 0.300. The zero-order chi connectivity index (χ0) is 11.2. The molecule has 6 nitrogen and oxygen atoms in total. The van der Waals surface area contributed by atoms with Gasteiger partial charge in [0.25, 0.3) is 0 Å². The number of rotatable bonds is 5.